The molecule has 16 heavy (non-hydrogen) atoms. The standard InChI is InChI=1S/C14H18O2/c1-14(10-11-6-3-2-4-7-11)12(15)8-5-9-13(14)16/h2-4,6-7,12,15H,5,8-10H2,1H3/t12-,14-/m1/s1. The Hall–Kier alpha value is -1.15. The van der Waals surface area contributed by atoms with Crippen molar-refractivity contribution in [3.05, 3.63) is 35.9 Å². The molecular formula is C14H18O2. The molecule has 86 valence electrons. The second kappa shape index (κ2) is 4.38. The molecule has 2 rings (SSSR count). The van der Waals surface area contributed by atoms with Crippen molar-refractivity contribution in [2.75, 3.05) is 0 Å². The predicted molar refractivity (Wildman–Crippen MR) is 63.1 cm³/mol. The Morgan fingerprint density at radius 2 is 2.06 bits per heavy atom. The summed E-state index contributed by atoms with van der Waals surface area (Å²) in [6.45, 7) is 1.90. The van der Waals surface area contributed by atoms with Crippen LogP contribution in [0.3, 0.4) is 0 Å². The highest BCUT2D eigenvalue weighted by molar-refractivity contribution is 5.86. The van der Waals surface area contributed by atoms with Gasteiger partial charge < -0.3 is 5.11 Å². The molecule has 0 radical (unpaired) electrons. The lowest BCUT2D eigenvalue weighted by Gasteiger charge is -2.37. The summed E-state index contributed by atoms with van der Waals surface area (Å²) in [5.74, 6) is 0.204. The smallest absolute Gasteiger partial charge is 0.141 e. The molecule has 1 aliphatic carbocycles. The van der Waals surface area contributed by atoms with Gasteiger partial charge in [-0.1, -0.05) is 30.3 Å². The number of ketones is 1. The van der Waals surface area contributed by atoms with Crippen LogP contribution in [0.2, 0.25) is 0 Å². The highest BCUT2D eigenvalue weighted by Gasteiger charge is 2.42. The van der Waals surface area contributed by atoms with Crippen LogP contribution in [0.5, 0.6) is 0 Å². The van der Waals surface area contributed by atoms with E-state index in [2.05, 4.69) is 0 Å². The van der Waals surface area contributed by atoms with Crippen LogP contribution in [-0.2, 0) is 11.2 Å². The fourth-order valence-corrected chi connectivity index (χ4v) is 2.48. The van der Waals surface area contributed by atoms with E-state index in [0.29, 0.717) is 12.8 Å². The molecule has 1 aromatic carbocycles. The van der Waals surface area contributed by atoms with E-state index in [1.54, 1.807) is 0 Å². The SMILES string of the molecule is C[C@]1(Cc2ccccc2)C(=O)CCC[C@H]1O. The predicted octanol–water partition coefficient (Wildman–Crippen LogP) is 2.35. The lowest BCUT2D eigenvalue weighted by Crippen LogP contribution is -2.44. The van der Waals surface area contributed by atoms with Crippen LogP contribution in [0.25, 0.3) is 0 Å². The molecule has 0 unspecified atom stereocenters. The van der Waals surface area contributed by atoms with Crippen LogP contribution >= 0.6 is 0 Å². The van der Waals surface area contributed by atoms with E-state index in [1.165, 1.54) is 0 Å². The van der Waals surface area contributed by atoms with Crippen LogP contribution in [0, 0.1) is 5.41 Å². The van der Waals surface area contributed by atoms with Gasteiger partial charge in [0.05, 0.1) is 11.5 Å². The first-order valence-electron chi connectivity index (χ1n) is 5.88. The fraction of sp³-hybridized carbons (Fsp3) is 0.500. The van der Waals surface area contributed by atoms with Gasteiger partial charge >= 0.3 is 0 Å². The zero-order valence-electron chi connectivity index (χ0n) is 9.65. The number of rotatable bonds is 2. The summed E-state index contributed by atoms with van der Waals surface area (Å²) in [5, 5.41) is 10.0. The molecule has 2 atom stereocenters. The molecule has 2 nitrogen and oxygen atoms in total. The molecule has 1 N–H and O–H groups in total. The van der Waals surface area contributed by atoms with Gasteiger partial charge in [0, 0.05) is 6.42 Å². The number of hydrogen-bond acceptors (Lipinski definition) is 2. The number of aliphatic hydroxyl groups excluding tert-OH is 1. The lowest BCUT2D eigenvalue weighted by molar-refractivity contribution is -0.138. The van der Waals surface area contributed by atoms with Crippen molar-refractivity contribution < 1.29 is 9.90 Å². The Morgan fingerprint density at radius 1 is 1.38 bits per heavy atom. The van der Waals surface area contributed by atoms with E-state index in [-0.39, 0.29) is 5.78 Å². The van der Waals surface area contributed by atoms with E-state index >= 15 is 0 Å². The third-order valence-electron chi connectivity index (χ3n) is 3.67. The topological polar surface area (TPSA) is 37.3 Å². The largest absolute Gasteiger partial charge is 0.392 e. The van der Waals surface area contributed by atoms with Crippen LogP contribution in [0.1, 0.15) is 31.7 Å². The van der Waals surface area contributed by atoms with Crippen LogP contribution in [-0.4, -0.2) is 17.0 Å². The zero-order valence-corrected chi connectivity index (χ0v) is 9.65. The maximum atomic E-state index is 12.0. The molecule has 1 saturated carbocycles. The lowest BCUT2D eigenvalue weighted by atomic mass is 9.69. The van der Waals surface area contributed by atoms with Crippen molar-refractivity contribution in [2.45, 2.75) is 38.7 Å². The third kappa shape index (κ3) is 2.03. The number of Topliss-reactive ketones (excluding diaryl/α,β-unsaturated/α-hetero) is 1. The number of hydrogen-bond donors (Lipinski definition) is 1. The van der Waals surface area contributed by atoms with E-state index in [1.807, 2.05) is 37.3 Å². The zero-order chi connectivity index (χ0) is 11.6. The maximum Gasteiger partial charge on any atom is 0.141 e. The quantitative estimate of drug-likeness (QED) is 0.827. The highest BCUT2D eigenvalue weighted by atomic mass is 16.3. The highest BCUT2D eigenvalue weighted by Crippen LogP contribution is 2.36. The van der Waals surface area contributed by atoms with Gasteiger partial charge in [-0.2, -0.15) is 0 Å². The summed E-state index contributed by atoms with van der Waals surface area (Å²) in [4.78, 5) is 12.0. The van der Waals surface area contributed by atoms with Crippen molar-refractivity contribution >= 4 is 5.78 Å². The number of benzene rings is 1. The van der Waals surface area contributed by atoms with Crippen LogP contribution in [0.4, 0.5) is 0 Å². The Morgan fingerprint density at radius 3 is 2.69 bits per heavy atom. The number of carbonyl (C=O) groups excluding carboxylic acids is 1. The fourth-order valence-electron chi connectivity index (χ4n) is 2.48. The molecule has 0 amide bonds. The summed E-state index contributed by atoms with van der Waals surface area (Å²) in [6, 6.07) is 9.93. The molecule has 0 heterocycles. The second-order valence-electron chi connectivity index (χ2n) is 4.91. The first-order chi connectivity index (χ1) is 7.63. The van der Waals surface area contributed by atoms with Gasteiger partial charge in [0.25, 0.3) is 0 Å². The third-order valence-corrected chi connectivity index (χ3v) is 3.67. The summed E-state index contributed by atoms with van der Waals surface area (Å²) in [6.07, 6.45) is 2.34. The Balaban J connectivity index is 2.20. The second-order valence-corrected chi connectivity index (χ2v) is 4.91. The monoisotopic (exact) mass is 218 g/mol. The molecule has 0 aromatic heterocycles. The molecule has 1 aromatic rings. The molecule has 0 bridgehead atoms. The van der Waals surface area contributed by atoms with Crippen LogP contribution in [0.15, 0.2) is 30.3 Å². The van der Waals surface area contributed by atoms with E-state index in [0.717, 1.165) is 18.4 Å². The van der Waals surface area contributed by atoms with Crippen LogP contribution < -0.4 is 0 Å². The maximum absolute atomic E-state index is 12.0. The molecule has 0 spiro atoms. The van der Waals surface area contributed by atoms with Gasteiger partial charge in [0.15, 0.2) is 0 Å². The van der Waals surface area contributed by atoms with E-state index in [4.69, 9.17) is 0 Å². The van der Waals surface area contributed by atoms with E-state index < -0.39 is 11.5 Å². The van der Waals surface area contributed by atoms with Crippen molar-refractivity contribution in [1.82, 2.24) is 0 Å². The Bertz CT molecular complexity index is 372. The molecule has 1 fully saturated rings. The van der Waals surface area contributed by atoms with Gasteiger partial charge in [0.1, 0.15) is 5.78 Å². The summed E-state index contributed by atoms with van der Waals surface area (Å²) in [5.41, 5.74) is 0.541. The Kier molecular flexibility index (Phi) is 3.10. The van der Waals surface area contributed by atoms with Crippen molar-refractivity contribution in [3.63, 3.8) is 0 Å². The van der Waals surface area contributed by atoms with Crippen molar-refractivity contribution in [1.29, 1.82) is 0 Å². The molecule has 0 saturated heterocycles. The Labute approximate surface area is 96.3 Å². The first-order valence-corrected chi connectivity index (χ1v) is 5.88. The average Bonchev–Trinajstić information content (AvgIpc) is 2.28. The summed E-state index contributed by atoms with van der Waals surface area (Å²) >= 11 is 0. The van der Waals surface area contributed by atoms with E-state index in [9.17, 15) is 9.90 Å². The summed E-state index contributed by atoms with van der Waals surface area (Å²) in [7, 11) is 0. The summed E-state index contributed by atoms with van der Waals surface area (Å²) < 4.78 is 0. The van der Waals surface area contributed by atoms with Crippen molar-refractivity contribution in [2.24, 2.45) is 5.41 Å². The number of carbonyl (C=O) groups is 1. The minimum atomic E-state index is -0.584. The molecule has 2 heteroatoms. The number of aliphatic hydroxyl groups is 1. The van der Waals surface area contributed by atoms with Gasteiger partial charge in [0.2, 0.25) is 0 Å². The minimum absolute atomic E-state index is 0.204. The van der Waals surface area contributed by atoms with Crippen molar-refractivity contribution in [3.8, 4) is 0 Å². The van der Waals surface area contributed by atoms with Gasteiger partial charge in [-0.3, -0.25) is 4.79 Å². The average molecular weight is 218 g/mol. The normalized spacial score (nSPS) is 30.4. The van der Waals surface area contributed by atoms with Gasteiger partial charge in [-0.25, -0.2) is 0 Å². The van der Waals surface area contributed by atoms with Gasteiger partial charge in [-0.15, -0.1) is 0 Å². The molecular weight excluding hydrogens is 200 g/mol. The molecule has 1 aliphatic rings. The van der Waals surface area contributed by atoms with Gasteiger partial charge in [-0.05, 0) is 31.7 Å². The minimum Gasteiger partial charge on any atom is -0.392 e. The molecule has 0 aliphatic heterocycles. The first kappa shape index (κ1) is 11.3.